The highest BCUT2D eigenvalue weighted by Gasteiger charge is 2.18. The Morgan fingerprint density at radius 2 is 1.50 bits per heavy atom. The number of rotatable bonds is 3. The van der Waals surface area contributed by atoms with Crippen molar-refractivity contribution in [3.05, 3.63) is 42.9 Å². The molecule has 0 fully saturated rings. The lowest BCUT2D eigenvalue weighted by atomic mass is 10.3. The summed E-state index contributed by atoms with van der Waals surface area (Å²) in [4.78, 5) is 20.8. The molecule has 0 radical (unpaired) electrons. The first-order valence-electron chi connectivity index (χ1n) is 4.75. The number of nitrogens with zero attached hydrogens (tertiary/aromatic N) is 4. The fourth-order valence-electron chi connectivity index (χ4n) is 1.20. The van der Waals surface area contributed by atoms with E-state index in [1.165, 1.54) is 0 Å². The Kier molecular flexibility index (Phi) is 4.44. The minimum atomic E-state index is -0.641. The van der Waals surface area contributed by atoms with Crippen molar-refractivity contribution in [2.24, 2.45) is 0 Å². The van der Waals surface area contributed by atoms with Gasteiger partial charge in [0, 0.05) is 12.1 Å². The SMILES string of the molecule is O=[N+]([O-])c1cc(Cl)c(Oc2nc(Cl)nc(Cl)n2)c(Cl)c1. The summed E-state index contributed by atoms with van der Waals surface area (Å²) in [6, 6.07) is 1.91. The third kappa shape index (κ3) is 3.37. The van der Waals surface area contributed by atoms with Gasteiger partial charge in [-0.25, -0.2) is 0 Å². The normalized spacial score (nSPS) is 10.4. The molecule has 104 valence electrons. The van der Waals surface area contributed by atoms with Gasteiger partial charge in [0.25, 0.3) is 5.69 Å². The van der Waals surface area contributed by atoms with E-state index in [9.17, 15) is 10.1 Å². The lowest BCUT2D eigenvalue weighted by Gasteiger charge is -2.07. The van der Waals surface area contributed by atoms with E-state index in [0.29, 0.717) is 0 Å². The molecular weight excluding hydrogens is 354 g/mol. The zero-order valence-electron chi connectivity index (χ0n) is 9.18. The standard InChI is InChI=1S/C9H2Cl4N4O3/c10-4-1-3(17(18)19)2-5(11)6(4)20-9-15-7(12)14-8(13)16-9/h1-2H. The summed E-state index contributed by atoms with van der Waals surface area (Å²) in [5.41, 5.74) is -0.279. The van der Waals surface area contributed by atoms with Crippen LogP contribution in [0.15, 0.2) is 12.1 Å². The van der Waals surface area contributed by atoms with E-state index in [1.54, 1.807) is 0 Å². The summed E-state index contributed by atoms with van der Waals surface area (Å²) < 4.78 is 5.22. The molecule has 1 heterocycles. The van der Waals surface area contributed by atoms with Crippen LogP contribution in [0.2, 0.25) is 20.6 Å². The first kappa shape index (κ1) is 15.0. The van der Waals surface area contributed by atoms with E-state index in [4.69, 9.17) is 51.1 Å². The third-order valence-corrected chi connectivity index (χ3v) is 2.85. The van der Waals surface area contributed by atoms with Gasteiger partial charge in [0.15, 0.2) is 5.75 Å². The van der Waals surface area contributed by atoms with Crippen LogP contribution in [0.4, 0.5) is 5.69 Å². The van der Waals surface area contributed by atoms with E-state index in [0.717, 1.165) is 12.1 Å². The molecule has 11 heteroatoms. The van der Waals surface area contributed by atoms with Gasteiger partial charge in [0.05, 0.1) is 15.0 Å². The molecule has 0 unspecified atom stereocenters. The van der Waals surface area contributed by atoms with Crippen molar-refractivity contribution in [3.8, 4) is 11.8 Å². The molecular formula is C9H2Cl4N4O3. The van der Waals surface area contributed by atoms with Crippen LogP contribution in [-0.2, 0) is 0 Å². The van der Waals surface area contributed by atoms with Crippen LogP contribution in [0, 0.1) is 10.1 Å². The number of benzene rings is 1. The van der Waals surface area contributed by atoms with Gasteiger partial charge in [-0.2, -0.15) is 15.0 Å². The Balaban J connectivity index is 2.41. The molecule has 0 amide bonds. The molecule has 0 aliphatic heterocycles. The summed E-state index contributed by atoms with van der Waals surface area (Å²) in [7, 11) is 0. The highest BCUT2D eigenvalue weighted by atomic mass is 35.5. The topological polar surface area (TPSA) is 91.0 Å². The van der Waals surface area contributed by atoms with Crippen LogP contribution >= 0.6 is 46.4 Å². The van der Waals surface area contributed by atoms with Gasteiger partial charge in [-0.15, -0.1) is 0 Å². The number of ether oxygens (including phenoxy) is 1. The minimum Gasteiger partial charge on any atom is -0.421 e. The Morgan fingerprint density at radius 1 is 1.00 bits per heavy atom. The van der Waals surface area contributed by atoms with E-state index in [2.05, 4.69) is 15.0 Å². The predicted molar refractivity (Wildman–Crippen MR) is 73.0 cm³/mol. The van der Waals surface area contributed by atoms with Gasteiger partial charge in [0.1, 0.15) is 0 Å². The van der Waals surface area contributed by atoms with Gasteiger partial charge in [-0.3, -0.25) is 10.1 Å². The highest BCUT2D eigenvalue weighted by molar-refractivity contribution is 6.37. The van der Waals surface area contributed by atoms with Gasteiger partial charge in [-0.05, 0) is 23.2 Å². The second kappa shape index (κ2) is 5.92. The second-order valence-corrected chi connectivity index (χ2v) is 4.74. The number of non-ortho nitro benzene ring substituents is 1. The Labute approximate surface area is 131 Å². The molecule has 2 aromatic rings. The van der Waals surface area contributed by atoms with Crippen molar-refractivity contribution >= 4 is 52.1 Å². The van der Waals surface area contributed by atoms with Crippen molar-refractivity contribution in [3.63, 3.8) is 0 Å². The molecule has 7 nitrogen and oxygen atoms in total. The van der Waals surface area contributed by atoms with E-state index in [-0.39, 0.29) is 38.1 Å². The van der Waals surface area contributed by atoms with E-state index >= 15 is 0 Å². The van der Waals surface area contributed by atoms with Crippen LogP contribution in [0.3, 0.4) is 0 Å². The summed E-state index contributed by atoms with van der Waals surface area (Å²) in [5.74, 6) is -0.0581. The molecule has 20 heavy (non-hydrogen) atoms. The number of hydrogen-bond donors (Lipinski definition) is 0. The van der Waals surface area contributed by atoms with Crippen molar-refractivity contribution < 1.29 is 9.66 Å². The Bertz CT molecular complexity index is 654. The lowest BCUT2D eigenvalue weighted by Crippen LogP contribution is -1.97. The number of hydrogen-bond acceptors (Lipinski definition) is 6. The quantitative estimate of drug-likeness (QED) is 0.605. The number of aromatic nitrogens is 3. The van der Waals surface area contributed by atoms with Crippen LogP contribution in [0.1, 0.15) is 0 Å². The number of halogens is 4. The Morgan fingerprint density at radius 3 is 1.95 bits per heavy atom. The van der Waals surface area contributed by atoms with Gasteiger partial charge < -0.3 is 4.74 Å². The highest BCUT2D eigenvalue weighted by Crippen LogP contribution is 2.38. The maximum absolute atomic E-state index is 10.6. The van der Waals surface area contributed by atoms with Crippen molar-refractivity contribution in [2.75, 3.05) is 0 Å². The summed E-state index contributed by atoms with van der Waals surface area (Å²) in [6.07, 6.45) is 0. The molecule has 0 bridgehead atoms. The largest absolute Gasteiger partial charge is 0.421 e. The van der Waals surface area contributed by atoms with Crippen LogP contribution in [0.5, 0.6) is 11.8 Å². The molecule has 0 aliphatic rings. The number of nitro benzene ring substituents is 1. The predicted octanol–water partition coefficient (Wildman–Crippen LogP) is 4.19. The maximum atomic E-state index is 10.6. The summed E-state index contributed by atoms with van der Waals surface area (Å²) in [5, 5.41) is 10.1. The lowest BCUT2D eigenvalue weighted by molar-refractivity contribution is -0.384. The zero-order valence-corrected chi connectivity index (χ0v) is 12.2. The molecule has 0 spiro atoms. The van der Waals surface area contributed by atoms with Crippen molar-refractivity contribution in [2.45, 2.75) is 0 Å². The van der Waals surface area contributed by atoms with E-state index < -0.39 is 4.92 Å². The molecule has 0 N–H and O–H groups in total. The van der Waals surface area contributed by atoms with Gasteiger partial charge in [0.2, 0.25) is 10.6 Å². The fraction of sp³-hybridized carbons (Fsp3) is 0. The van der Waals surface area contributed by atoms with Gasteiger partial charge in [-0.1, -0.05) is 23.2 Å². The van der Waals surface area contributed by atoms with Crippen LogP contribution in [-0.4, -0.2) is 19.9 Å². The average Bonchev–Trinajstić information content (AvgIpc) is 2.32. The Hall–Kier alpha value is -1.41. The van der Waals surface area contributed by atoms with Crippen LogP contribution < -0.4 is 4.74 Å². The molecule has 2 rings (SSSR count). The van der Waals surface area contributed by atoms with Gasteiger partial charge >= 0.3 is 6.01 Å². The maximum Gasteiger partial charge on any atom is 0.327 e. The first-order valence-corrected chi connectivity index (χ1v) is 6.26. The van der Waals surface area contributed by atoms with Crippen molar-refractivity contribution in [1.29, 1.82) is 0 Å². The summed E-state index contributed by atoms with van der Waals surface area (Å²) >= 11 is 22.9. The monoisotopic (exact) mass is 354 g/mol. The zero-order chi connectivity index (χ0) is 14.9. The molecule has 0 aliphatic carbocycles. The number of nitro groups is 1. The van der Waals surface area contributed by atoms with Crippen molar-refractivity contribution in [1.82, 2.24) is 15.0 Å². The summed E-state index contributed by atoms with van der Waals surface area (Å²) in [6.45, 7) is 0. The molecule has 0 atom stereocenters. The molecule has 0 saturated heterocycles. The molecule has 0 saturated carbocycles. The third-order valence-electron chi connectivity index (χ3n) is 1.95. The minimum absolute atomic E-state index is 0.0581. The van der Waals surface area contributed by atoms with E-state index in [1.807, 2.05) is 0 Å². The molecule has 1 aromatic heterocycles. The van der Waals surface area contributed by atoms with Crippen LogP contribution in [0.25, 0.3) is 0 Å². The fourth-order valence-corrected chi connectivity index (χ4v) is 2.10. The smallest absolute Gasteiger partial charge is 0.327 e. The molecule has 1 aromatic carbocycles. The average molecular weight is 356 g/mol. The first-order chi connectivity index (χ1) is 9.36. The second-order valence-electron chi connectivity index (χ2n) is 3.25.